The molecular formula is C13H10F8O3S. The molecule has 2 rings (SSSR count). The van der Waals surface area contributed by atoms with Crippen LogP contribution in [0.4, 0.5) is 32.6 Å². The van der Waals surface area contributed by atoms with E-state index in [0.717, 1.165) is 0 Å². The fourth-order valence-corrected chi connectivity index (χ4v) is 2.72. The van der Waals surface area contributed by atoms with E-state index in [9.17, 15) is 37.4 Å². The van der Waals surface area contributed by atoms with Gasteiger partial charge in [0.05, 0.1) is 12.2 Å². The maximum atomic E-state index is 13.0. The molecule has 12 heteroatoms. The van der Waals surface area contributed by atoms with Crippen molar-refractivity contribution in [3.63, 3.8) is 0 Å². The smallest absolute Gasteiger partial charge is 0.430 e. The number of rotatable bonds is 3. The van der Waals surface area contributed by atoms with Gasteiger partial charge in [0.1, 0.15) is 10.6 Å². The van der Waals surface area contributed by atoms with Crippen molar-refractivity contribution in [1.82, 2.24) is 0 Å². The molecule has 142 valence electrons. The summed E-state index contributed by atoms with van der Waals surface area (Å²) in [7, 11) is -10.0. The molecule has 1 atom stereocenters. The second kappa shape index (κ2) is 5.02. The molecule has 0 fully saturated rings. The average Bonchev–Trinajstić information content (AvgIpc) is 2.42. The number of carbonyl (C=O) groups excluding carboxylic acids is 1. The third-order valence-corrected chi connectivity index (χ3v) is 4.22. The SMILES string of the molecule is CCOC(=O)C1=Cc2cc(S(F)(F)(F)(F)F)ccc2OC1C(F)(F)F. The summed E-state index contributed by atoms with van der Waals surface area (Å²) in [5, 5.41) is 0. The quantitative estimate of drug-likeness (QED) is 0.490. The van der Waals surface area contributed by atoms with Gasteiger partial charge in [-0.15, -0.1) is 0 Å². The van der Waals surface area contributed by atoms with E-state index < -0.39 is 50.3 Å². The fourth-order valence-electron chi connectivity index (χ4n) is 2.04. The standard InChI is InChI=1S/C13H10F8O3S/c1-2-23-12(22)9-6-7-5-8(25(17,18,19,20)21)3-4-10(7)24-11(9)13(14,15)16/h3-6,11H,2H2,1H3. The molecule has 3 nitrogen and oxygen atoms in total. The largest absolute Gasteiger partial charge is 0.475 e. The van der Waals surface area contributed by atoms with Gasteiger partial charge in [0.25, 0.3) is 0 Å². The number of ether oxygens (including phenoxy) is 2. The zero-order valence-electron chi connectivity index (χ0n) is 12.3. The highest BCUT2D eigenvalue weighted by atomic mass is 32.5. The van der Waals surface area contributed by atoms with E-state index in [1.54, 1.807) is 0 Å². The topological polar surface area (TPSA) is 35.5 Å². The van der Waals surface area contributed by atoms with E-state index in [0.29, 0.717) is 12.1 Å². The summed E-state index contributed by atoms with van der Waals surface area (Å²) < 4.78 is 112. The van der Waals surface area contributed by atoms with Gasteiger partial charge in [-0.05, 0) is 31.2 Å². The number of hydrogen-bond donors (Lipinski definition) is 0. The first-order valence-corrected chi connectivity index (χ1v) is 8.48. The Hall–Kier alpha value is -1.98. The van der Waals surface area contributed by atoms with E-state index in [1.807, 2.05) is 0 Å². The Balaban J connectivity index is 2.61. The van der Waals surface area contributed by atoms with Crippen LogP contribution in [0.5, 0.6) is 5.75 Å². The zero-order valence-corrected chi connectivity index (χ0v) is 13.1. The van der Waals surface area contributed by atoms with Crippen molar-refractivity contribution in [2.24, 2.45) is 0 Å². The van der Waals surface area contributed by atoms with Crippen LogP contribution >= 0.6 is 10.2 Å². The molecule has 1 unspecified atom stereocenters. The van der Waals surface area contributed by atoms with Gasteiger partial charge in [0.15, 0.2) is 0 Å². The monoisotopic (exact) mass is 398 g/mol. The van der Waals surface area contributed by atoms with Gasteiger partial charge in [0.2, 0.25) is 6.10 Å². The Bertz CT molecular complexity index is 751. The zero-order chi connectivity index (χ0) is 19.3. The molecule has 1 heterocycles. The van der Waals surface area contributed by atoms with Crippen LogP contribution < -0.4 is 4.74 Å². The number of halogens is 8. The fraction of sp³-hybridized carbons (Fsp3) is 0.308. The second-order valence-corrected chi connectivity index (χ2v) is 7.44. The van der Waals surface area contributed by atoms with Crippen LogP contribution in [-0.4, -0.2) is 24.9 Å². The highest BCUT2D eigenvalue weighted by molar-refractivity contribution is 8.45. The minimum atomic E-state index is -10.0. The third kappa shape index (κ3) is 4.17. The van der Waals surface area contributed by atoms with Crippen molar-refractivity contribution < 1.29 is 46.9 Å². The minimum absolute atomic E-state index is 0.0668. The Morgan fingerprint density at radius 2 is 1.80 bits per heavy atom. The van der Waals surface area contributed by atoms with Gasteiger partial charge in [-0.3, -0.25) is 0 Å². The van der Waals surface area contributed by atoms with Crippen LogP contribution in [0.25, 0.3) is 6.08 Å². The Labute approximate surface area is 135 Å². The first kappa shape index (κ1) is 19.3. The van der Waals surface area contributed by atoms with Crippen LogP contribution in [-0.2, 0) is 9.53 Å². The third-order valence-electron chi connectivity index (χ3n) is 3.07. The first-order chi connectivity index (χ1) is 11.0. The number of fused-ring (bicyclic) bond motifs is 1. The van der Waals surface area contributed by atoms with Crippen LogP contribution in [0.1, 0.15) is 12.5 Å². The van der Waals surface area contributed by atoms with Gasteiger partial charge in [-0.25, -0.2) is 4.79 Å². The molecule has 1 aromatic rings. The van der Waals surface area contributed by atoms with Crippen molar-refractivity contribution in [1.29, 1.82) is 0 Å². The molecule has 25 heavy (non-hydrogen) atoms. The van der Waals surface area contributed by atoms with Crippen molar-refractivity contribution >= 4 is 22.3 Å². The molecule has 0 amide bonds. The minimum Gasteiger partial charge on any atom is -0.475 e. The summed E-state index contributed by atoms with van der Waals surface area (Å²) >= 11 is 0. The van der Waals surface area contributed by atoms with Crippen LogP contribution in [0.15, 0.2) is 28.7 Å². The molecule has 1 aliphatic heterocycles. The molecule has 0 radical (unpaired) electrons. The van der Waals surface area contributed by atoms with E-state index in [4.69, 9.17) is 0 Å². The molecule has 0 spiro atoms. The van der Waals surface area contributed by atoms with Crippen molar-refractivity contribution in [3.05, 3.63) is 29.3 Å². The lowest BCUT2D eigenvalue weighted by atomic mass is 10.0. The molecule has 0 saturated heterocycles. The molecule has 1 aromatic carbocycles. The van der Waals surface area contributed by atoms with Gasteiger partial charge in [-0.1, -0.05) is 19.4 Å². The molecule has 1 aliphatic rings. The van der Waals surface area contributed by atoms with Crippen LogP contribution in [0.3, 0.4) is 0 Å². The summed E-state index contributed by atoms with van der Waals surface area (Å²) in [6.07, 6.45) is -7.46. The highest BCUT2D eigenvalue weighted by Crippen LogP contribution is 3.02. The predicted octanol–water partition coefficient (Wildman–Crippen LogP) is 5.61. The summed E-state index contributed by atoms with van der Waals surface area (Å²) in [5.74, 6) is -2.20. The van der Waals surface area contributed by atoms with Gasteiger partial charge in [-0.2, -0.15) is 13.2 Å². The highest BCUT2D eigenvalue weighted by Gasteiger charge is 2.65. The van der Waals surface area contributed by atoms with Gasteiger partial charge < -0.3 is 9.47 Å². The average molecular weight is 398 g/mol. The molecule has 0 N–H and O–H groups in total. The molecule has 0 aliphatic carbocycles. The van der Waals surface area contributed by atoms with Crippen molar-refractivity contribution in [2.45, 2.75) is 24.1 Å². The normalized spacial score (nSPS) is 20.5. The Kier molecular flexibility index (Phi) is 3.89. The lowest BCUT2D eigenvalue weighted by molar-refractivity contribution is -0.187. The van der Waals surface area contributed by atoms with E-state index in [-0.39, 0.29) is 18.7 Å². The predicted molar refractivity (Wildman–Crippen MR) is 72.9 cm³/mol. The number of hydrogen-bond acceptors (Lipinski definition) is 3. The second-order valence-electron chi connectivity index (χ2n) is 5.03. The van der Waals surface area contributed by atoms with E-state index in [2.05, 4.69) is 9.47 Å². The summed E-state index contributed by atoms with van der Waals surface area (Å²) in [5.41, 5.74) is -1.88. The van der Waals surface area contributed by atoms with E-state index in [1.165, 1.54) is 6.92 Å². The van der Waals surface area contributed by atoms with Gasteiger partial charge in [0, 0.05) is 5.56 Å². The van der Waals surface area contributed by atoms with Crippen molar-refractivity contribution in [3.8, 4) is 5.75 Å². The lowest BCUT2D eigenvalue weighted by Gasteiger charge is -2.41. The number of benzene rings is 1. The first-order valence-electron chi connectivity index (χ1n) is 6.53. The van der Waals surface area contributed by atoms with Crippen molar-refractivity contribution in [2.75, 3.05) is 6.61 Å². The summed E-state index contributed by atoms with van der Waals surface area (Å²) in [6.45, 7) is 0.990. The van der Waals surface area contributed by atoms with Gasteiger partial charge >= 0.3 is 22.4 Å². The number of esters is 1. The number of carbonyl (C=O) groups is 1. The maximum absolute atomic E-state index is 13.0. The lowest BCUT2D eigenvalue weighted by Crippen LogP contribution is -2.40. The Morgan fingerprint density at radius 1 is 1.20 bits per heavy atom. The molecule has 0 bridgehead atoms. The van der Waals surface area contributed by atoms with Crippen LogP contribution in [0, 0.1) is 0 Å². The van der Waals surface area contributed by atoms with E-state index >= 15 is 0 Å². The maximum Gasteiger partial charge on any atom is 0.430 e. The molecular weight excluding hydrogens is 388 g/mol. The van der Waals surface area contributed by atoms with Crippen LogP contribution in [0.2, 0.25) is 0 Å². The molecule has 0 aromatic heterocycles. The summed E-state index contributed by atoms with van der Waals surface area (Å²) in [4.78, 5) is 9.33. The number of alkyl halides is 3. The molecule has 0 saturated carbocycles. The Morgan fingerprint density at radius 3 is 2.28 bits per heavy atom. The summed E-state index contributed by atoms with van der Waals surface area (Å²) in [6, 6.07) is 0.208.